The summed E-state index contributed by atoms with van der Waals surface area (Å²) in [5.74, 6) is -0.874. The lowest BCUT2D eigenvalue weighted by molar-refractivity contribution is -0.137. The highest BCUT2D eigenvalue weighted by Gasteiger charge is 2.18. The van der Waals surface area contributed by atoms with Gasteiger partial charge in [0.05, 0.1) is 17.1 Å². The van der Waals surface area contributed by atoms with E-state index in [9.17, 15) is 9.59 Å². The van der Waals surface area contributed by atoms with E-state index in [-0.39, 0.29) is 18.5 Å². The Hall–Kier alpha value is -2.83. The summed E-state index contributed by atoms with van der Waals surface area (Å²) in [7, 11) is 0. The highest BCUT2D eigenvalue weighted by Crippen LogP contribution is 2.19. The molecule has 7 heteroatoms. The van der Waals surface area contributed by atoms with Crippen molar-refractivity contribution in [2.24, 2.45) is 0 Å². The molecule has 0 saturated carbocycles. The van der Waals surface area contributed by atoms with Crippen LogP contribution in [0.3, 0.4) is 0 Å². The first-order valence-electron chi connectivity index (χ1n) is 8.78. The van der Waals surface area contributed by atoms with Gasteiger partial charge in [0.25, 0.3) is 0 Å². The van der Waals surface area contributed by atoms with E-state index < -0.39 is 5.97 Å². The Bertz CT molecular complexity index is 756. The number of benzene rings is 1. The lowest BCUT2D eigenvalue weighted by Gasteiger charge is -2.19. The number of carbonyl (C=O) groups is 2. The van der Waals surface area contributed by atoms with Crippen LogP contribution in [-0.4, -0.2) is 32.9 Å². The fraction of sp³-hybridized carbons (Fsp3) is 0.421. The first-order chi connectivity index (χ1) is 12.4. The lowest BCUT2D eigenvalue weighted by Crippen LogP contribution is -2.39. The molecule has 0 bridgehead atoms. The number of carboxylic acids is 1. The Labute approximate surface area is 153 Å². The second-order valence-corrected chi connectivity index (χ2v) is 6.28. The van der Waals surface area contributed by atoms with Crippen molar-refractivity contribution < 1.29 is 14.7 Å². The van der Waals surface area contributed by atoms with Gasteiger partial charge in [-0.05, 0) is 39.2 Å². The highest BCUT2D eigenvalue weighted by atomic mass is 16.4. The number of nitrogens with zero attached hydrogens (tertiary/aromatic N) is 2. The van der Waals surface area contributed by atoms with Crippen molar-refractivity contribution >= 4 is 17.7 Å². The van der Waals surface area contributed by atoms with Crippen LogP contribution < -0.4 is 10.6 Å². The topological polar surface area (TPSA) is 96.3 Å². The quantitative estimate of drug-likeness (QED) is 0.675. The summed E-state index contributed by atoms with van der Waals surface area (Å²) in [4.78, 5) is 23.4. The number of hydrogen-bond donors (Lipinski definition) is 3. The Morgan fingerprint density at radius 1 is 1.23 bits per heavy atom. The summed E-state index contributed by atoms with van der Waals surface area (Å²) in [5.41, 5.74) is 3.39. The number of amides is 2. The van der Waals surface area contributed by atoms with Gasteiger partial charge in [-0.15, -0.1) is 0 Å². The van der Waals surface area contributed by atoms with Gasteiger partial charge < -0.3 is 15.7 Å². The molecule has 3 N–H and O–H groups in total. The largest absolute Gasteiger partial charge is 0.481 e. The van der Waals surface area contributed by atoms with Gasteiger partial charge in [0.1, 0.15) is 0 Å². The molecular formula is C19H26N4O3. The molecule has 0 fully saturated rings. The standard InChI is InChI=1S/C19H26N4O3/c1-4-23-14(3)18(13(2)22-23)21-19(26)20-16(10-11-17(24)25)12-15-8-6-5-7-9-15/h5-9,16H,4,10-12H2,1-3H3,(H,24,25)(H2,20,21,26). The average molecular weight is 358 g/mol. The zero-order chi connectivity index (χ0) is 19.1. The van der Waals surface area contributed by atoms with Crippen molar-refractivity contribution in [1.82, 2.24) is 15.1 Å². The van der Waals surface area contributed by atoms with Crippen LogP contribution in [0.15, 0.2) is 30.3 Å². The normalized spacial score (nSPS) is 11.8. The van der Waals surface area contributed by atoms with E-state index in [4.69, 9.17) is 5.11 Å². The Morgan fingerprint density at radius 3 is 2.50 bits per heavy atom. The number of carboxylic acid groups (broad SMARTS) is 1. The predicted molar refractivity (Wildman–Crippen MR) is 100 cm³/mol. The number of carbonyl (C=O) groups excluding carboxylic acids is 1. The number of hydrogen-bond acceptors (Lipinski definition) is 3. The number of nitrogens with one attached hydrogen (secondary N) is 2. The molecular weight excluding hydrogens is 332 g/mol. The predicted octanol–water partition coefficient (Wildman–Crippen LogP) is 3.12. The van der Waals surface area contributed by atoms with Crippen LogP contribution in [0, 0.1) is 13.8 Å². The minimum atomic E-state index is -0.874. The Morgan fingerprint density at radius 2 is 1.92 bits per heavy atom. The maximum Gasteiger partial charge on any atom is 0.319 e. The van der Waals surface area contributed by atoms with Gasteiger partial charge >= 0.3 is 12.0 Å². The molecule has 7 nitrogen and oxygen atoms in total. The number of urea groups is 1. The van der Waals surface area contributed by atoms with E-state index in [1.807, 2.05) is 55.8 Å². The molecule has 1 unspecified atom stereocenters. The van der Waals surface area contributed by atoms with E-state index in [2.05, 4.69) is 15.7 Å². The maximum atomic E-state index is 12.5. The number of rotatable bonds is 8. The third kappa shape index (κ3) is 5.34. The van der Waals surface area contributed by atoms with Crippen molar-refractivity contribution in [3.8, 4) is 0 Å². The van der Waals surface area contributed by atoms with E-state index in [1.165, 1.54) is 0 Å². The van der Waals surface area contributed by atoms with Gasteiger partial charge in [-0.3, -0.25) is 9.48 Å². The molecule has 1 heterocycles. The van der Waals surface area contributed by atoms with E-state index >= 15 is 0 Å². The van der Waals surface area contributed by atoms with Gasteiger partial charge in [-0.25, -0.2) is 4.79 Å². The molecule has 0 aliphatic heterocycles. The summed E-state index contributed by atoms with van der Waals surface area (Å²) >= 11 is 0. The molecule has 0 aliphatic carbocycles. The summed E-state index contributed by atoms with van der Waals surface area (Å²) in [6.07, 6.45) is 0.946. The lowest BCUT2D eigenvalue weighted by atomic mass is 10.0. The first-order valence-corrected chi connectivity index (χ1v) is 8.78. The van der Waals surface area contributed by atoms with E-state index in [0.717, 1.165) is 23.5 Å². The van der Waals surface area contributed by atoms with Crippen LogP contribution in [0.2, 0.25) is 0 Å². The first kappa shape index (κ1) is 19.5. The summed E-state index contributed by atoms with van der Waals surface area (Å²) in [6.45, 7) is 6.47. The molecule has 0 radical (unpaired) electrons. The molecule has 0 spiro atoms. The van der Waals surface area contributed by atoms with Gasteiger partial charge in [0.2, 0.25) is 0 Å². The molecule has 1 aromatic heterocycles. The zero-order valence-corrected chi connectivity index (χ0v) is 15.5. The molecule has 0 saturated heterocycles. The van der Waals surface area contributed by atoms with Crippen LogP contribution in [0.4, 0.5) is 10.5 Å². The van der Waals surface area contributed by atoms with Gasteiger partial charge in [-0.2, -0.15) is 5.10 Å². The fourth-order valence-electron chi connectivity index (χ4n) is 2.94. The van der Waals surface area contributed by atoms with Gasteiger partial charge in [0.15, 0.2) is 0 Å². The summed E-state index contributed by atoms with van der Waals surface area (Å²) < 4.78 is 1.83. The fourth-order valence-corrected chi connectivity index (χ4v) is 2.94. The Balaban J connectivity index is 2.05. The van der Waals surface area contributed by atoms with E-state index in [1.54, 1.807) is 0 Å². The second-order valence-electron chi connectivity index (χ2n) is 6.28. The molecule has 2 rings (SSSR count). The molecule has 1 aromatic carbocycles. The van der Waals surface area contributed by atoms with Crippen LogP contribution in [-0.2, 0) is 17.8 Å². The average Bonchev–Trinajstić information content (AvgIpc) is 2.88. The van der Waals surface area contributed by atoms with Crippen molar-refractivity contribution in [2.75, 3.05) is 5.32 Å². The smallest absolute Gasteiger partial charge is 0.319 e. The minimum Gasteiger partial charge on any atom is -0.481 e. The van der Waals surface area contributed by atoms with Crippen LogP contribution >= 0.6 is 0 Å². The van der Waals surface area contributed by atoms with Crippen molar-refractivity contribution in [3.05, 3.63) is 47.3 Å². The highest BCUT2D eigenvalue weighted by molar-refractivity contribution is 5.90. The van der Waals surface area contributed by atoms with Crippen LogP contribution in [0.5, 0.6) is 0 Å². The molecule has 0 aliphatic rings. The maximum absolute atomic E-state index is 12.5. The van der Waals surface area contributed by atoms with Crippen molar-refractivity contribution in [2.45, 2.75) is 52.6 Å². The monoisotopic (exact) mass is 358 g/mol. The number of aromatic nitrogens is 2. The molecule has 1 atom stereocenters. The van der Waals surface area contributed by atoms with Gasteiger partial charge in [0, 0.05) is 19.0 Å². The Kier molecular flexibility index (Phi) is 6.77. The number of anilines is 1. The van der Waals surface area contributed by atoms with Crippen molar-refractivity contribution in [3.63, 3.8) is 0 Å². The molecule has 2 amide bonds. The minimum absolute atomic E-state index is 0.00357. The number of aryl methyl sites for hydroxylation is 2. The van der Waals surface area contributed by atoms with Crippen LogP contribution in [0.1, 0.15) is 36.7 Å². The van der Waals surface area contributed by atoms with Crippen molar-refractivity contribution in [1.29, 1.82) is 0 Å². The van der Waals surface area contributed by atoms with E-state index in [0.29, 0.717) is 18.5 Å². The number of aliphatic carboxylic acids is 1. The van der Waals surface area contributed by atoms with Crippen LogP contribution in [0.25, 0.3) is 0 Å². The molecule has 140 valence electrons. The third-order valence-corrected chi connectivity index (χ3v) is 4.29. The van der Waals surface area contributed by atoms with Gasteiger partial charge in [-0.1, -0.05) is 30.3 Å². The summed E-state index contributed by atoms with van der Waals surface area (Å²) in [5, 5.41) is 19.1. The summed E-state index contributed by atoms with van der Waals surface area (Å²) in [6, 6.07) is 9.09. The zero-order valence-electron chi connectivity index (χ0n) is 15.5. The SMILES string of the molecule is CCn1nc(C)c(NC(=O)NC(CCC(=O)O)Cc2ccccc2)c1C. The second kappa shape index (κ2) is 9.03. The molecule has 2 aromatic rings. The molecule has 26 heavy (non-hydrogen) atoms. The third-order valence-electron chi connectivity index (χ3n) is 4.29.